The zero-order valence-electron chi connectivity index (χ0n) is 14.6. The lowest BCUT2D eigenvalue weighted by atomic mass is 10.1. The second-order valence-electron chi connectivity index (χ2n) is 5.53. The lowest BCUT2D eigenvalue weighted by Gasteiger charge is -2.10. The fourth-order valence-electron chi connectivity index (χ4n) is 2.46. The van der Waals surface area contributed by atoms with E-state index in [1.54, 1.807) is 24.3 Å². The molecule has 0 amide bonds. The van der Waals surface area contributed by atoms with Crippen LogP contribution in [0.15, 0.2) is 57.9 Å². The maximum absolute atomic E-state index is 14.1. The number of rotatable bonds is 7. The minimum atomic E-state index is -3.86. The summed E-state index contributed by atoms with van der Waals surface area (Å²) in [4.78, 5) is 0.105. The number of thioether (sulfide) groups is 1. The number of anilines is 1. The number of hydrogen-bond donors (Lipinski definition) is 1. The molecule has 0 fully saturated rings. The molecule has 0 saturated heterocycles. The molecule has 6 nitrogen and oxygen atoms in total. The Morgan fingerprint density at radius 1 is 1.22 bits per heavy atom. The van der Waals surface area contributed by atoms with E-state index in [1.807, 2.05) is 6.26 Å². The van der Waals surface area contributed by atoms with E-state index in [-0.39, 0.29) is 22.0 Å². The topological polar surface area (TPSA) is 81.4 Å². The molecular formula is C18H17FN2O4S2. The third-order valence-electron chi connectivity index (χ3n) is 3.75. The molecule has 0 spiro atoms. The van der Waals surface area contributed by atoms with Crippen molar-refractivity contribution in [1.29, 1.82) is 0 Å². The predicted molar refractivity (Wildman–Crippen MR) is 103 cm³/mol. The van der Waals surface area contributed by atoms with Crippen LogP contribution in [0, 0.1) is 5.82 Å². The van der Waals surface area contributed by atoms with Gasteiger partial charge in [-0.1, -0.05) is 23.4 Å². The van der Waals surface area contributed by atoms with Crippen LogP contribution in [0.2, 0.25) is 0 Å². The van der Waals surface area contributed by atoms with Crippen molar-refractivity contribution in [3.05, 3.63) is 60.1 Å². The number of ether oxygens (including phenoxy) is 1. The molecule has 3 aromatic rings. The van der Waals surface area contributed by atoms with E-state index < -0.39 is 15.8 Å². The average molecular weight is 408 g/mol. The second kappa shape index (κ2) is 8.01. The van der Waals surface area contributed by atoms with Crippen LogP contribution in [0.3, 0.4) is 0 Å². The quantitative estimate of drug-likeness (QED) is 0.632. The normalized spacial score (nSPS) is 11.4. The van der Waals surface area contributed by atoms with Gasteiger partial charge in [-0.15, -0.1) is 0 Å². The Hall–Kier alpha value is -2.52. The van der Waals surface area contributed by atoms with Gasteiger partial charge in [-0.3, -0.25) is 4.72 Å². The highest BCUT2D eigenvalue weighted by atomic mass is 32.2. The smallest absolute Gasteiger partial charge is 0.262 e. The molecule has 0 aliphatic rings. The minimum Gasteiger partial charge on any atom is -0.494 e. The third-order valence-corrected chi connectivity index (χ3v) is 5.67. The molecule has 1 aromatic heterocycles. The first-order valence-corrected chi connectivity index (χ1v) is 10.7. The molecule has 0 aliphatic carbocycles. The maximum atomic E-state index is 14.1. The Balaban J connectivity index is 2.06. The van der Waals surface area contributed by atoms with Crippen molar-refractivity contribution in [3.63, 3.8) is 0 Å². The SMILES string of the molecule is COc1ccc(-c2noc(CSC)c2NS(=O)(=O)c2ccccc2)cc1F. The first kappa shape index (κ1) is 19.2. The molecule has 9 heteroatoms. The average Bonchev–Trinajstić information content (AvgIpc) is 3.04. The summed E-state index contributed by atoms with van der Waals surface area (Å²) in [5.41, 5.74) is 0.771. The van der Waals surface area contributed by atoms with Crippen molar-refractivity contribution >= 4 is 27.5 Å². The third kappa shape index (κ3) is 4.09. The van der Waals surface area contributed by atoms with Crippen molar-refractivity contribution in [3.8, 4) is 17.0 Å². The highest BCUT2D eigenvalue weighted by molar-refractivity contribution is 7.97. The van der Waals surface area contributed by atoms with Crippen LogP contribution in [-0.2, 0) is 15.8 Å². The van der Waals surface area contributed by atoms with Gasteiger partial charge in [0.2, 0.25) is 0 Å². The molecule has 0 bridgehead atoms. The van der Waals surface area contributed by atoms with Gasteiger partial charge in [0.25, 0.3) is 10.0 Å². The molecule has 1 N–H and O–H groups in total. The number of aromatic nitrogens is 1. The van der Waals surface area contributed by atoms with E-state index in [2.05, 4.69) is 9.88 Å². The van der Waals surface area contributed by atoms with Crippen molar-refractivity contribution < 1.29 is 22.1 Å². The predicted octanol–water partition coefficient (Wildman–Crippen LogP) is 4.15. The summed E-state index contributed by atoms with van der Waals surface area (Å²) in [6, 6.07) is 12.2. The molecule has 142 valence electrons. The van der Waals surface area contributed by atoms with Gasteiger partial charge < -0.3 is 9.26 Å². The van der Waals surface area contributed by atoms with Crippen LogP contribution in [0.25, 0.3) is 11.3 Å². The Morgan fingerprint density at radius 3 is 2.59 bits per heavy atom. The van der Waals surface area contributed by atoms with Crippen molar-refractivity contribution in [2.45, 2.75) is 10.6 Å². The number of halogens is 1. The summed E-state index contributed by atoms with van der Waals surface area (Å²) >= 11 is 1.45. The van der Waals surface area contributed by atoms with Gasteiger partial charge in [0.05, 0.1) is 17.8 Å². The number of benzene rings is 2. The van der Waals surface area contributed by atoms with Crippen molar-refractivity contribution in [1.82, 2.24) is 5.16 Å². The number of methoxy groups -OCH3 is 1. The summed E-state index contributed by atoms with van der Waals surface area (Å²) in [5.74, 6) is 0.255. The molecule has 3 rings (SSSR count). The summed E-state index contributed by atoms with van der Waals surface area (Å²) in [5, 5.41) is 3.96. The zero-order valence-corrected chi connectivity index (χ0v) is 16.2. The highest BCUT2D eigenvalue weighted by Gasteiger charge is 2.24. The Morgan fingerprint density at radius 2 is 1.96 bits per heavy atom. The van der Waals surface area contributed by atoms with Gasteiger partial charge in [0.1, 0.15) is 11.4 Å². The molecule has 1 heterocycles. The number of nitrogens with zero attached hydrogens (tertiary/aromatic N) is 1. The first-order valence-electron chi connectivity index (χ1n) is 7.85. The summed E-state index contributed by atoms with van der Waals surface area (Å²) in [6.45, 7) is 0. The molecule has 27 heavy (non-hydrogen) atoms. The highest BCUT2D eigenvalue weighted by Crippen LogP contribution is 2.35. The number of sulfonamides is 1. The van der Waals surface area contributed by atoms with Crippen LogP contribution in [0.5, 0.6) is 5.75 Å². The summed E-state index contributed by atoms with van der Waals surface area (Å²) < 4.78 is 52.3. The molecule has 0 atom stereocenters. The van der Waals surface area contributed by atoms with E-state index in [1.165, 1.54) is 43.1 Å². The Labute approximate surface area is 160 Å². The first-order chi connectivity index (χ1) is 13.0. The van der Waals surface area contributed by atoms with Gasteiger partial charge in [0.15, 0.2) is 17.3 Å². The maximum Gasteiger partial charge on any atom is 0.262 e. The fourth-order valence-corrected chi connectivity index (χ4v) is 4.03. The summed E-state index contributed by atoms with van der Waals surface area (Å²) in [6.07, 6.45) is 1.85. The largest absolute Gasteiger partial charge is 0.494 e. The van der Waals surface area contributed by atoms with E-state index in [0.29, 0.717) is 17.1 Å². The summed E-state index contributed by atoms with van der Waals surface area (Å²) in [7, 11) is -2.49. The van der Waals surface area contributed by atoms with Crippen LogP contribution < -0.4 is 9.46 Å². The molecule has 2 aromatic carbocycles. The second-order valence-corrected chi connectivity index (χ2v) is 8.08. The van der Waals surface area contributed by atoms with Crippen LogP contribution in [0.1, 0.15) is 5.76 Å². The van der Waals surface area contributed by atoms with E-state index in [9.17, 15) is 12.8 Å². The van der Waals surface area contributed by atoms with E-state index in [0.717, 1.165) is 0 Å². The van der Waals surface area contributed by atoms with Gasteiger partial charge in [-0.2, -0.15) is 11.8 Å². The van der Waals surface area contributed by atoms with Gasteiger partial charge in [-0.25, -0.2) is 12.8 Å². The van der Waals surface area contributed by atoms with Crippen LogP contribution >= 0.6 is 11.8 Å². The molecular weight excluding hydrogens is 391 g/mol. The molecule has 0 aliphatic heterocycles. The lowest BCUT2D eigenvalue weighted by Crippen LogP contribution is -2.14. The lowest BCUT2D eigenvalue weighted by molar-refractivity contribution is 0.386. The molecule has 0 radical (unpaired) electrons. The fraction of sp³-hybridized carbons (Fsp3) is 0.167. The molecule has 0 saturated carbocycles. The van der Waals surface area contributed by atoms with Gasteiger partial charge >= 0.3 is 0 Å². The standard InChI is InChI=1S/C18H17FN2O4S2/c1-24-15-9-8-12(10-14(15)19)17-18(16(11-26-2)25-20-17)21-27(22,23)13-6-4-3-5-7-13/h3-10,21H,11H2,1-2H3. The van der Waals surface area contributed by atoms with Crippen LogP contribution in [0.4, 0.5) is 10.1 Å². The van der Waals surface area contributed by atoms with Crippen molar-refractivity contribution in [2.75, 3.05) is 18.1 Å². The van der Waals surface area contributed by atoms with Gasteiger partial charge in [-0.05, 0) is 36.6 Å². The molecule has 0 unspecified atom stereocenters. The minimum absolute atomic E-state index is 0.0815. The Bertz CT molecular complexity index is 1040. The zero-order chi connectivity index (χ0) is 19.4. The monoisotopic (exact) mass is 408 g/mol. The number of nitrogens with one attached hydrogen (secondary N) is 1. The number of hydrogen-bond acceptors (Lipinski definition) is 6. The van der Waals surface area contributed by atoms with Gasteiger partial charge in [0, 0.05) is 5.56 Å². The van der Waals surface area contributed by atoms with Crippen LogP contribution in [-0.4, -0.2) is 26.9 Å². The van der Waals surface area contributed by atoms with Crippen molar-refractivity contribution in [2.24, 2.45) is 0 Å². The van der Waals surface area contributed by atoms with E-state index >= 15 is 0 Å². The Kier molecular flexibility index (Phi) is 5.71. The van der Waals surface area contributed by atoms with E-state index in [4.69, 9.17) is 9.26 Å².